The van der Waals surface area contributed by atoms with Crippen LogP contribution in [-0.2, 0) is 0 Å². The predicted molar refractivity (Wildman–Crippen MR) is 131 cm³/mol. The van der Waals surface area contributed by atoms with Crippen molar-refractivity contribution in [2.75, 3.05) is 0 Å². The molecule has 174 valence electrons. The molecule has 4 fully saturated rings. The maximum atomic E-state index is 10.3. The van der Waals surface area contributed by atoms with Crippen molar-refractivity contribution >= 4 is 0 Å². The molecule has 0 bridgehead atoms. The largest absolute Gasteiger partial charge is 0.393 e. The molecule has 1 N–H and O–H groups in total. The molecule has 0 saturated heterocycles. The molecular weight excluding hydrogens is 376 g/mol. The van der Waals surface area contributed by atoms with E-state index < -0.39 is 0 Å². The SMILES string of the molecule is C=C(C)[C@@H](C)[C@@]1(C)C[C@@H]1[C@@H](C)[C@H]1CC[C@H]2[C@@H]3CC=C4C[C@@H](O)CC[C@]4(C)[C@H]3CC[C@]12C. The van der Waals surface area contributed by atoms with Crippen molar-refractivity contribution in [2.24, 2.45) is 57.7 Å². The van der Waals surface area contributed by atoms with E-state index in [-0.39, 0.29) is 6.10 Å². The first kappa shape index (κ1) is 22.2. The molecule has 4 saturated carbocycles. The molecule has 0 radical (unpaired) electrons. The van der Waals surface area contributed by atoms with Gasteiger partial charge >= 0.3 is 0 Å². The van der Waals surface area contributed by atoms with Crippen LogP contribution in [-0.4, -0.2) is 11.2 Å². The van der Waals surface area contributed by atoms with E-state index in [1.807, 2.05) is 0 Å². The van der Waals surface area contributed by atoms with Crippen LogP contribution in [0, 0.1) is 57.7 Å². The Morgan fingerprint density at radius 3 is 2.48 bits per heavy atom. The van der Waals surface area contributed by atoms with Crippen LogP contribution < -0.4 is 0 Å². The van der Waals surface area contributed by atoms with E-state index in [1.165, 1.54) is 50.5 Å². The van der Waals surface area contributed by atoms with Crippen molar-refractivity contribution in [3.8, 4) is 0 Å². The quantitative estimate of drug-likeness (QED) is 0.456. The summed E-state index contributed by atoms with van der Waals surface area (Å²) in [6.07, 6.45) is 14.2. The maximum Gasteiger partial charge on any atom is 0.0577 e. The Bertz CT molecular complexity index is 779. The standard InChI is InChI=1S/C30H48O/c1-18(2)20(4)30(7)17-27(30)19(3)24-10-11-25-23-9-8-21-16-22(31)12-14-28(21,5)26(23)13-15-29(24,25)6/h8,19-20,22-27,31H,1,9-17H2,2-7H3/t19-,20+,22-,23-,24+,25-,26-,27+,28-,29+,30+/m0/s1. The fourth-order valence-electron chi connectivity index (χ4n) is 10.1. The summed E-state index contributed by atoms with van der Waals surface area (Å²) >= 11 is 0. The van der Waals surface area contributed by atoms with Crippen molar-refractivity contribution in [1.29, 1.82) is 0 Å². The molecule has 0 aromatic rings. The van der Waals surface area contributed by atoms with E-state index in [0.29, 0.717) is 22.2 Å². The zero-order valence-electron chi connectivity index (χ0n) is 21.2. The normalized spacial score (nSPS) is 52.9. The van der Waals surface area contributed by atoms with Crippen LogP contribution in [0.4, 0.5) is 0 Å². The van der Waals surface area contributed by atoms with Gasteiger partial charge in [0.2, 0.25) is 0 Å². The Morgan fingerprint density at radius 1 is 1.03 bits per heavy atom. The van der Waals surface area contributed by atoms with Gasteiger partial charge in [-0.05, 0) is 122 Å². The lowest BCUT2D eigenvalue weighted by Crippen LogP contribution is -2.51. The van der Waals surface area contributed by atoms with E-state index >= 15 is 0 Å². The second-order valence-corrected chi connectivity index (χ2v) is 13.6. The van der Waals surface area contributed by atoms with Gasteiger partial charge in [0.05, 0.1) is 6.10 Å². The molecule has 0 heterocycles. The first-order chi connectivity index (χ1) is 14.5. The van der Waals surface area contributed by atoms with Crippen LogP contribution in [0.25, 0.3) is 0 Å². The van der Waals surface area contributed by atoms with Gasteiger partial charge in [0, 0.05) is 0 Å². The molecular formula is C30H48O. The number of aliphatic hydroxyl groups excluding tert-OH is 1. The number of allylic oxidation sites excluding steroid dienone is 2. The number of rotatable bonds is 4. The molecule has 1 nitrogen and oxygen atoms in total. The Labute approximate surface area is 192 Å². The minimum atomic E-state index is -0.0871. The molecule has 0 amide bonds. The number of hydrogen-bond acceptors (Lipinski definition) is 1. The molecule has 0 aromatic heterocycles. The Morgan fingerprint density at radius 2 is 1.77 bits per heavy atom. The summed E-state index contributed by atoms with van der Waals surface area (Å²) < 4.78 is 0. The van der Waals surface area contributed by atoms with Crippen molar-refractivity contribution in [2.45, 2.75) is 105 Å². The lowest BCUT2D eigenvalue weighted by Gasteiger charge is -2.58. The topological polar surface area (TPSA) is 20.2 Å². The molecule has 31 heavy (non-hydrogen) atoms. The Kier molecular flexibility index (Phi) is 5.18. The first-order valence-electron chi connectivity index (χ1n) is 13.6. The van der Waals surface area contributed by atoms with Gasteiger partial charge in [0.25, 0.3) is 0 Å². The smallest absolute Gasteiger partial charge is 0.0577 e. The van der Waals surface area contributed by atoms with E-state index in [9.17, 15) is 5.11 Å². The Balaban J connectivity index is 1.36. The molecule has 0 aliphatic heterocycles. The number of aliphatic hydroxyl groups is 1. The third-order valence-electron chi connectivity index (χ3n) is 12.5. The highest BCUT2D eigenvalue weighted by Gasteiger charge is 2.63. The summed E-state index contributed by atoms with van der Waals surface area (Å²) in [6.45, 7) is 19.4. The third-order valence-corrected chi connectivity index (χ3v) is 12.5. The zero-order valence-corrected chi connectivity index (χ0v) is 21.2. The van der Waals surface area contributed by atoms with Gasteiger partial charge < -0.3 is 5.11 Å². The Hall–Kier alpha value is -0.560. The highest BCUT2D eigenvalue weighted by atomic mass is 16.3. The molecule has 0 aromatic carbocycles. The fourth-order valence-corrected chi connectivity index (χ4v) is 10.1. The first-order valence-corrected chi connectivity index (χ1v) is 13.6. The summed E-state index contributed by atoms with van der Waals surface area (Å²) in [4.78, 5) is 0. The van der Waals surface area contributed by atoms with Gasteiger partial charge in [-0.2, -0.15) is 0 Å². The van der Waals surface area contributed by atoms with Crippen LogP contribution in [0.2, 0.25) is 0 Å². The average Bonchev–Trinajstić information content (AvgIpc) is 3.29. The zero-order chi connectivity index (χ0) is 22.3. The summed E-state index contributed by atoms with van der Waals surface area (Å²) in [7, 11) is 0. The highest BCUT2D eigenvalue weighted by Crippen LogP contribution is 2.71. The van der Waals surface area contributed by atoms with E-state index in [4.69, 9.17) is 0 Å². The van der Waals surface area contributed by atoms with Crippen LogP contribution in [0.1, 0.15) is 99.3 Å². The van der Waals surface area contributed by atoms with E-state index in [1.54, 1.807) is 5.57 Å². The monoisotopic (exact) mass is 424 g/mol. The van der Waals surface area contributed by atoms with Gasteiger partial charge in [0.1, 0.15) is 0 Å². The second-order valence-electron chi connectivity index (χ2n) is 13.6. The number of fused-ring (bicyclic) bond motifs is 5. The van der Waals surface area contributed by atoms with Crippen LogP contribution in [0.15, 0.2) is 23.8 Å². The van der Waals surface area contributed by atoms with Gasteiger partial charge in [0.15, 0.2) is 0 Å². The van der Waals surface area contributed by atoms with Crippen molar-refractivity contribution in [1.82, 2.24) is 0 Å². The maximum absolute atomic E-state index is 10.3. The highest BCUT2D eigenvalue weighted by molar-refractivity contribution is 5.25. The minimum Gasteiger partial charge on any atom is -0.393 e. The minimum absolute atomic E-state index is 0.0871. The second kappa shape index (κ2) is 7.22. The average molecular weight is 425 g/mol. The molecule has 0 spiro atoms. The molecule has 5 aliphatic carbocycles. The fraction of sp³-hybridized carbons (Fsp3) is 0.867. The van der Waals surface area contributed by atoms with Crippen LogP contribution in [0.3, 0.4) is 0 Å². The van der Waals surface area contributed by atoms with E-state index in [0.717, 1.165) is 48.3 Å². The third kappa shape index (κ3) is 3.11. The van der Waals surface area contributed by atoms with Crippen molar-refractivity contribution in [3.63, 3.8) is 0 Å². The summed E-state index contributed by atoms with van der Waals surface area (Å²) in [5.74, 6) is 5.99. The summed E-state index contributed by atoms with van der Waals surface area (Å²) in [6, 6.07) is 0. The van der Waals surface area contributed by atoms with Gasteiger partial charge in [-0.3, -0.25) is 0 Å². The lowest BCUT2D eigenvalue weighted by atomic mass is 9.47. The van der Waals surface area contributed by atoms with Crippen molar-refractivity contribution in [3.05, 3.63) is 23.8 Å². The number of hydrogen-bond donors (Lipinski definition) is 1. The summed E-state index contributed by atoms with van der Waals surface area (Å²) in [5, 5.41) is 10.3. The predicted octanol–water partition coefficient (Wildman–Crippen LogP) is 7.80. The lowest BCUT2D eigenvalue weighted by molar-refractivity contribution is -0.0590. The molecule has 5 rings (SSSR count). The van der Waals surface area contributed by atoms with Gasteiger partial charge in [-0.15, -0.1) is 0 Å². The molecule has 11 atom stereocenters. The molecule has 5 aliphatic rings. The van der Waals surface area contributed by atoms with Crippen LogP contribution >= 0.6 is 0 Å². The summed E-state index contributed by atoms with van der Waals surface area (Å²) in [5.41, 5.74) is 4.41. The van der Waals surface area contributed by atoms with Gasteiger partial charge in [-0.25, -0.2) is 0 Å². The molecule has 0 unspecified atom stereocenters. The van der Waals surface area contributed by atoms with Gasteiger partial charge in [-0.1, -0.05) is 58.4 Å². The van der Waals surface area contributed by atoms with E-state index in [2.05, 4.69) is 54.2 Å². The molecule has 1 heteroatoms. The van der Waals surface area contributed by atoms with Crippen molar-refractivity contribution < 1.29 is 5.11 Å². The van der Waals surface area contributed by atoms with Crippen LogP contribution in [0.5, 0.6) is 0 Å².